The predicted octanol–water partition coefficient (Wildman–Crippen LogP) is 14.1. The van der Waals surface area contributed by atoms with Gasteiger partial charge in [-0.3, -0.25) is 0 Å². The number of benzene rings is 9. The van der Waals surface area contributed by atoms with E-state index in [1.807, 2.05) is 60.7 Å². The zero-order valence-electron chi connectivity index (χ0n) is 46.5. The van der Waals surface area contributed by atoms with Crippen molar-refractivity contribution in [2.24, 2.45) is 0 Å². The van der Waals surface area contributed by atoms with Crippen molar-refractivity contribution < 1.29 is 27.7 Å². The van der Waals surface area contributed by atoms with Crippen LogP contribution in [0.3, 0.4) is 0 Å². The first kappa shape index (κ1) is 19.8. The van der Waals surface area contributed by atoms with E-state index >= 15 is 0 Å². The van der Waals surface area contributed by atoms with Crippen LogP contribution in [-0.2, 0) is 0 Å². The van der Waals surface area contributed by atoms with Crippen molar-refractivity contribution in [1.82, 2.24) is 15.0 Å². The number of furan rings is 1. The maximum atomic E-state index is 10.1. The van der Waals surface area contributed by atoms with Gasteiger partial charge in [-0.2, -0.15) is 0 Å². The standard InChI is InChI=1S/C53H33N3O/c1-4-14-34(15-5-1)35-24-26-36(27-25-35)41-31-47(50-48(32-41)46-30-39-20-10-11-21-40(39)33-49(46)57-50)44-28-29-45(43-23-13-12-22-42(43)44)53-55-51(37-16-6-2-7-17-37)54-52(56-53)38-18-8-3-9-19-38/h1-33H/i1D,4D,5D,10D,11D,14D,15D,20D,21D,24D,25D,26D,27D,30D,31D,32D,33D. The highest BCUT2D eigenvalue weighted by atomic mass is 16.3. The normalized spacial score (nSPS) is 15.7. The van der Waals surface area contributed by atoms with Gasteiger partial charge < -0.3 is 4.42 Å². The van der Waals surface area contributed by atoms with Crippen LogP contribution in [0.5, 0.6) is 0 Å². The van der Waals surface area contributed by atoms with Crippen molar-refractivity contribution in [3.8, 4) is 67.5 Å². The number of nitrogens with zero attached hydrogens (tertiary/aromatic N) is 3. The van der Waals surface area contributed by atoms with Gasteiger partial charge in [0.15, 0.2) is 17.5 Å². The van der Waals surface area contributed by atoms with E-state index in [1.54, 1.807) is 36.4 Å². The van der Waals surface area contributed by atoms with Crippen LogP contribution >= 0.6 is 0 Å². The van der Waals surface area contributed by atoms with E-state index in [9.17, 15) is 11.0 Å². The molecule has 11 rings (SSSR count). The van der Waals surface area contributed by atoms with Crippen molar-refractivity contribution in [2.75, 3.05) is 0 Å². The van der Waals surface area contributed by atoms with E-state index in [4.69, 9.17) is 31.7 Å². The summed E-state index contributed by atoms with van der Waals surface area (Å²) in [7, 11) is 0. The lowest BCUT2D eigenvalue weighted by Crippen LogP contribution is -2.00. The van der Waals surface area contributed by atoms with Gasteiger partial charge in [-0.15, -0.1) is 0 Å². The first-order valence-corrected chi connectivity index (χ1v) is 17.8. The Labute approximate surface area is 353 Å². The molecule has 0 radical (unpaired) electrons. The molecule has 57 heavy (non-hydrogen) atoms. The van der Waals surface area contributed by atoms with Crippen LogP contribution in [0.1, 0.15) is 23.3 Å². The molecule has 0 amide bonds. The molecule has 2 heterocycles. The third-order valence-corrected chi connectivity index (χ3v) is 9.57. The molecule has 2 aromatic heterocycles. The van der Waals surface area contributed by atoms with Crippen molar-refractivity contribution >= 4 is 43.5 Å². The Kier molecular flexibility index (Phi) is 4.70. The van der Waals surface area contributed by atoms with Gasteiger partial charge >= 0.3 is 0 Å². The van der Waals surface area contributed by atoms with Gasteiger partial charge in [0.1, 0.15) is 11.2 Å². The fourth-order valence-electron chi connectivity index (χ4n) is 6.90. The number of aromatic nitrogens is 3. The topological polar surface area (TPSA) is 51.8 Å². The molecular weight excluding hydrogens is 695 g/mol. The molecule has 0 saturated carbocycles. The molecule has 0 bridgehead atoms. The smallest absolute Gasteiger partial charge is 0.164 e. The van der Waals surface area contributed by atoms with E-state index < -0.39 is 125 Å². The summed E-state index contributed by atoms with van der Waals surface area (Å²) in [5.74, 6) is 1.06. The van der Waals surface area contributed by atoms with Crippen molar-refractivity contribution in [3.05, 3.63) is 200 Å². The Morgan fingerprint density at radius 2 is 0.877 bits per heavy atom. The molecule has 0 atom stereocenters. The zero-order valence-corrected chi connectivity index (χ0v) is 29.5. The summed E-state index contributed by atoms with van der Waals surface area (Å²) >= 11 is 0. The Hall–Kier alpha value is -7.69. The maximum Gasteiger partial charge on any atom is 0.164 e. The van der Waals surface area contributed by atoms with Crippen molar-refractivity contribution in [1.29, 1.82) is 0 Å². The van der Waals surface area contributed by atoms with E-state index in [2.05, 4.69) is 0 Å². The average Bonchev–Trinajstić information content (AvgIpc) is 3.83. The second-order valence-corrected chi connectivity index (χ2v) is 13.0. The lowest BCUT2D eigenvalue weighted by Gasteiger charge is -2.14. The van der Waals surface area contributed by atoms with Gasteiger partial charge in [0.25, 0.3) is 0 Å². The highest BCUT2D eigenvalue weighted by Crippen LogP contribution is 2.44. The summed E-state index contributed by atoms with van der Waals surface area (Å²) in [6, 6.07) is 17.1. The molecule has 0 N–H and O–H groups in total. The minimum absolute atomic E-state index is 0.0930. The summed E-state index contributed by atoms with van der Waals surface area (Å²) in [5.41, 5.74) is -0.734. The molecule has 0 aliphatic rings. The molecule has 0 unspecified atom stereocenters. The van der Waals surface area contributed by atoms with Gasteiger partial charge in [-0.05, 0) is 79.6 Å². The molecule has 266 valence electrons. The SMILES string of the molecule is [2H]c1c([2H])c([2H])c(-c2c([2H])c([2H])c(-c3c([2H])c(-c4ccc(-c5nc(-c6ccccc6)nc(-c6ccccc6)n5)c5ccccc45)c4oc5c([2H])c6c([2H])c([2H])c([2H])c([2H])c6c([2H])c5c4c3[2H])c([2H])c2[2H])c([2H])c1[2H]. The third kappa shape index (κ3) is 5.83. The van der Waals surface area contributed by atoms with Crippen LogP contribution in [0.25, 0.3) is 111 Å². The van der Waals surface area contributed by atoms with Crippen molar-refractivity contribution in [3.63, 3.8) is 0 Å². The maximum absolute atomic E-state index is 10.1. The van der Waals surface area contributed by atoms with E-state index in [-0.39, 0.29) is 49.7 Å². The summed E-state index contributed by atoms with van der Waals surface area (Å²) in [5, 5.41) is -0.160. The first-order valence-electron chi connectivity index (χ1n) is 26.3. The lowest BCUT2D eigenvalue weighted by molar-refractivity contribution is 0.670. The monoisotopic (exact) mass is 744 g/mol. The largest absolute Gasteiger partial charge is 0.455 e. The Morgan fingerprint density at radius 3 is 1.54 bits per heavy atom. The molecular formula is C53H33N3O. The lowest BCUT2D eigenvalue weighted by atomic mass is 9.90. The van der Waals surface area contributed by atoms with Crippen LogP contribution in [0.4, 0.5) is 0 Å². The molecule has 4 heteroatoms. The highest BCUT2D eigenvalue weighted by molar-refractivity contribution is 6.17. The van der Waals surface area contributed by atoms with Crippen LogP contribution in [0.15, 0.2) is 204 Å². The van der Waals surface area contributed by atoms with E-state index in [0.29, 0.717) is 28.0 Å². The van der Waals surface area contributed by atoms with Gasteiger partial charge in [-0.1, -0.05) is 170 Å². The number of fused-ring (bicyclic) bond motifs is 5. The van der Waals surface area contributed by atoms with Crippen LogP contribution in [0.2, 0.25) is 0 Å². The number of hydrogen-bond donors (Lipinski definition) is 0. The number of hydrogen-bond acceptors (Lipinski definition) is 4. The van der Waals surface area contributed by atoms with Gasteiger partial charge in [0, 0.05) is 33.0 Å². The first-order chi connectivity index (χ1) is 35.3. The van der Waals surface area contributed by atoms with Crippen LogP contribution < -0.4 is 0 Å². The third-order valence-electron chi connectivity index (χ3n) is 9.57. The second-order valence-electron chi connectivity index (χ2n) is 13.0. The molecule has 11 aromatic rings. The molecule has 0 saturated heterocycles. The minimum atomic E-state index is -0.842. The Morgan fingerprint density at radius 1 is 0.351 bits per heavy atom. The van der Waals surface area contributed by atoms with Gasteiger partial charge in [-0.25, -0.2) is 15.0 Å². The van der Waals surface area contributed by atoms with Crippen molar-refractivity contribution in [2.45, 2.75) is 0 Å². The molecule has 4 nitrogen and oxygen atoms in total. The molecule has 0 aliphatic heterocycles. The fourth-order valence-corrected chi connectivity index (χ4v) is 6.90. The van der Waals surface area contributed by atoms with E-state index in [0.717, 1.165) is 11.1 Å². The van der Waals surface area contributed by atoms with Gasteiger partial charge in [0.2, 0.25) is 0 Å². The molecule has 0 fully saturated rings. The summed E-state index contributed by atoms with van der Waals surface area (Å²) in [6.07, 6.45) is 0. The summed E-state index contributed by atoms with van der Waals surface area (Å²) in [6.45, 7) is 0. The average molecular weight is 745 g/mol. The molecule has 0 spiro atoms. The summed E-state index contributed by atoms with van der Waals surface area (Å²) < 4.78 is 159. The predicted molar refractivity (Wildman–Crippen MR) is 235 cm³/mol. The highest BCUT2D eigenvalue weighted by Gasteiger charge is 2.20. The van der Waals surface area contributed by atoms with Crippen LogP contribution in [-0.4, -0.2) is 15.0 Å². The fraction of sp³-hybridized carbons (Fsp3) is 0. The number of rotatable bonds is 6. The Balaban J connectivity index is 1.27. The zero-order chi connectivity index (χ0) is 52.5. The molecule has 0 aliphatic carbocycles. The van der Waals surface area contributed by atoms with Crippen LogP contribution in [0, 0.1) is 0 Å². The second kappa shape index (κ2) is 13.6. The minimum Gasteiger partial charge on any atom is -0.455 e. The van der Waals surface area contributed by atoms with E-state index in [1.165, 1.54) is 0 Å². The summed E-state index contributed by atoms with van der Waals surface area (Å²) in [4.78, 5) is 14.7. The Bertz CT molecular complexity index is 4170. The van der Waals surface area contributed by atoms with Gasteiger partial charge in [0.05, 0.1) is 23.3 Å². The quantitative estimate of drug-likeness (QED) is 0.170. The molecule has 9 aromatic carbocycles.